The second kappa shape index (κ2) is 5.18. The van der Waals surface area contributed by atoms with Gasteiger partial charge in [0, 0.05) is 12.1 Å². The Hall–Kier alpha value is -0.890. The molecule has 0 saturated heterocycles. The minimum atomic E-state index is -0.178. The van der Waals surface area contributed by atoms with Gasteiger partial charge in [-0.1, -0.05) is 32.9 Å². The van der Waals surface area contributed by atoms with E-state index in [4.69, 9.17) is 0 Å². The van der Waals surface area contributed by atoms with Crippen molar-refractivity contribution >= 4 is 0 Å². The van der Waals surface area contributed by atoms with E-state index in [9.17, 15) is 4.39 Å². The second-order valence-electron chi connectivity index (χ2n) is 6.60. The molecule has 1 rings (SSSR count). The molecule has 0 heterocycles. The first kappa shape index (κ1) is 14.2. The zero-order chi connectivity index (χ0) is 13.1. The molecule has 0 fully saturated rings. The fourth-order valence-corrected chi connectivity index (χ4v) is 2.33. The van der Waals surface area contributed by atoms with Crippen LogP contribution in [-0.2, 0) is 6.54 Å². The van der Waals surface area contributed by atoms with Crippen molar-refractivity contribution in [3.05, 3.63) is 35.6 Å². The molecular formula is C15H24FN. The molecule has 0 spiro atoms. The molecular weight excluding hydrogens is 213 g/mol. The van der Waals surface area contributed by atoms with Crippen molar-refractivity contribution in [2.24, 2.45) is 5.41 Å². The van der Waals surface area contributed by atoms with E-state index in [2.05, 4.69) is 39.9 Å². The summed E-state index contributed by atoms with van der Waals surface area (Å²) < 4.78 is 12.8. The monoisotopic (exact) mass is 237 g/mol. The van der Waals surface area contributed by atoms with Gasteiger partial charge < -0.3 is 5.32 Å². The Balaban J connectivity index is 2.52. The maximum absolute atomic E-state index is 12.8. The maximum atomic E-state index is 12.8. The third kappa shape index (κ3) is 5.83. The molecule has 1 nitrogen and oxygen atoms in total. The second-order valence-corrected chi connectivity index (χ2v) is 6.60. The van der Waals surface area contributed by atoms with Crippen LogP contribution in [0.15, 0.2) is 24.3 Å². The first-order valence-electron chi connectivity index (χ1n) is 6.17. The molecule has 17 heavy (non-hydrogen) atoms. The predicted octanol–water partition coefficient (Wildman–Crippen LogP) is 4.13. The third-order valence-electron chi connectivity index (χ3n) is 2.66. The van der Waals surface area contributed by atoms with Gasteiger partial charge in [-0.05, 0) is 43.4 Å². The molecule has 0 atom stereocenters. The highest BCUT2D eigenvalue weighted by Crippen LogP contribution is 2.26. The van der Waals surface area contributed by atoms with Crippen LogP contribution in [0.4, 0.5) is 4.39 Å². The van der Waals surface area contributed by atoms with E-state index in [0.29, 0.717) is 5.41 Å². The Kier molecular flexibility index (Phi) is 4.31. The van der Waals surface area contributed by atoms with Gasteiger partial charge >= 0.3 is 0 Å². The fraction of sp³-hybridized carbons (Fsp3) is 0.600. The Labute approximate surface area is 104 Å². The normalized spacial score (nSPS) is 12.8. The largest absolute Gasteiger partial charge is 0.308 e. The van der Waals surface area contributed by atoms with E-state index in [1.807, 2.05) is 12.1 Å². The molecule has 0 radical (unpaired) electrons. The van der Waals surface area contributed by atoms with E-state index in [1.165, 1.54) is 12.1 Å². The van der Waals surface area contributed by atoms with Crippen molar-refractivity contribution < 1.29 is 4.39 Å². The van der Waals surface area contributed by atoms with Gasteiger partial charge in [0.2, 0.25) is 0 Å². The molecule has 0 aliphatic rings. The fourth-order valence-electron chi connectivity index (χ4n) is 2.33. The maximum Gasteiger partial charge on any atom is 0.123 e. The molecule has 1 aromatic carbocycles. The molecule has 0 amide bonds. The number of hydrogen-bond acceptors (Lipinski definition) is 1. The Morgan fingerprint density at radius 1 is 1.00 bits per heavy atom. The highest BCUT2D eigenvalue weighted by Gasteiger charge is 2.24. The molecule has 0 aromatic heterocycles. The zero-order valence-electron chi connectivity index (χ0n) is 11.6. The third-order valence-corrected chi connectivity index (χ3v) is 2.66. The van der Waals surface area contributed by atoms with Gasteiger partial charge in [0.1, 0.15) is 5.82 Å². The van der Waals surface area contributed by atoms with E-state index in [-0.39, 0.29) is 11.4 Å². The van der Waals surface area contributed by atoms with Crippen molar-refractivity contribution in [1.82, 2.24) is 5.32 Å². The topological polar surface area (TPSA) is 12.0 Å². The lowest BCUT2D eigenvalue weighted by Gasteiger charge is -2.33. The van der Waals surface area contributed by atoms with Crippen molar-refractivity contribution in [3.8, 4) is 0 Å². The Morgan fingerprint density at radius 2 is 1.53 bits per heavy atom. The van der Waals surface area contributed by atoms with E-state index >= 15 is 0 Å². The summed E-state index contributed by atoms with van der Waals surface area (Å²) >= 11 is 0. The summed E-state index contributed by atoms with van der Waals surface area (Å²) in [6, 6.07) is 6.67. The van der Waals surface area contributed by atoms with Crippen LogP contribution in [0, 0.1) is 11.2 Å². The smallest absolute Gasteiger partial charge is 0.123 e. The van der Waals surface area contributed by atoms with E-state index < -0.39 is 0 Å². The van der Waals surface area contributed by atoms with Gasteiger partial charge in [-0.15, -0.1) is 0 Å². The van der Waals surface area contributed by atoms with Crippen molar-refractivity contribution in [1.29, 1.82) is 0 Å². The summed E-state index contributed by atoms with van der Waals surface area (Å²) in [7, 11) is 0. The van der Waals surface area contributed by atoms with Crippen molar-refractivity contribution in [2.45, 2.75) is 53.1 Å². The lowest BCUT2D eigenvalue weighted by Crippen LogP contribution is -2.41. The minimum Gasteiger partial charge on any atom is -0.308 e. The average Bonchev–Trinajstić information content (AvgIpc) is 2.13. The summed E-state index contributed by atoms with van der Waals surface area (Å²) in [6.07, 6.45) is 1.10. The highest BCUT2D eigenvalue weighted by molar-refractivity contribution is 5.16. The molecule has 0 bridgehead atoms. The number of nitrogens with one attached hydrogen (secondary N) is 1. The Morgan fingerprint density at radius 3 is 2.00 bits per heavy atom. The van der Waals surface area contributed by atoms with Crippen LogP contribution in [0.25, 0.3) is 0 Å². The molecule has 0 saturated carbocycles. The minimum absolute atomic E-state index is 0.0899. The summed E-state index contributed by atoms with van der Waals surface area (Å²) in [6.45, 7) is 11.9. The van der Waals surface area contributed by atoms with Crippen LogP contribution < -0.4 is 5.32 Å². The molecule has 0 aliphatic carbocycles. The number of benzene rings is 1. The first-order valence-corrected chi connectivity index (χ1v) is 6.17. The molecule has 0 aliphatic heterocycles. The van der Waals surface area contributed by atoms with Gasteiger partial charge in [-0.2, -0.15) is 0 Å². The highest BCUT2D eigenvalue weighted by atomic mass is 19.1. The van der Waals surface area contributed by atoms with E-state index in [0.717, 1.165) is 18.5 Å². The van der Waals surface area contributed by atoms with Crippen LogP contribution in [0.2, 0.25) is 0 Å². The van der Waals surface area contributed by atoms with Crippen molar-refractivity contribution in [3.63, 3.8) is 0 Å². The summed E-state index contributed by atoms with van der Waals surface area (Å²) in [4.78, 5) is 0. The number of hydrogen-bond donors (Lipinski definition) is 1. The van der Waals surface area contributed by atoms with Gasteiger partial charge in [0.05, 0.1) is 0 Å². The van der Waals surface area contributed by atoms with Crippen LogP contribution in [0.1, 0.15) is 46.6 Å². The number of halogens is 1. The summed E-state index contributed by atoms with van der Waals surface area (Å²) in [5, 5.41) is 3.53. The number of rotatable bonds is 4. The summed E-state index contributed by atoms with van der Waals surface area (Å²) in [5.74, 6) is -0.178. The van der Waals surface area contributed by atoms with Crippen LogP contribution in [0.3, 0.4) is 0 Å². The standard InChI is InChI=1S/C15H24FN/c1-14(2,3)11-15(4,5)17-10-12-6-8-13(16)9-7-12/h6-9,17H,10-11H2,1-5H3. The van der Waals surface area contributed by atoms with Gasteiger partial charge in [-0.3, -0.25) is 0 Å². The first-order chi connectivity index (χ1) is 7.68. The van der Waals surface area contributed by atoms with E-state index in [1.54, 1.807) is 0 Å². The SMILES string of the molecule is CC(C)(C)CC(C)(C)NCc1ccc(F)cc1. The molecule has 96 valence electrons. The molecule has 1 aromatic rings. The quantitative estimate of drug-likeness (QED) is 0.830. The Bertz CT molecular complexity index is 346. The van der Waals surface area contributed by atoms with Crippen molar-refractivity contribution in [2.75, 3.05) is 0 Å². The van der Waals surface area contributed by atoms with Gasteiger partial charge in [0.25, 0.3) is 0 Å². The van der Waals surface area contributed by atoms with Crippen LogP contribution in [-0.4, -0.2) is 5.54 Å². The van der Waals surface area contributed by atoms with Gasteiger partial charge in [-0.25, -0.2) is 4.39 Å². The lowest BCUT2D eigenvalue weighted by molar-refractivity contribution is 0.240. The summed E-state index contributed by atoms with van der Waals surface area (Å²) in [5.41, 5.74) is 1.51. The molecule has 1 N–H and O–H groups in total. The zero-order valence-corrected chi connectivity index (χ0v) is 11.6. The lowest BCUT2D eigenvalue weighted by atomic mass is 9.82. The molecule has 0 unspecified atom stereocenters. The van der Waals surface area contributed by atoms with Gasteiger partial charge in [0.15, 0.2) is 0 Å². The molecule has 2 heteroatoms. The average molecular weight is 237 g/mol. The predicted molar refractivity (Wildman–Crippen MR) is 71.4 cm³/mol. The van der Waals surface area contributed by atoms with Crippen LogP contribution in [0.5, 0.6) is 0 Å². The van der Waals surface area contributed by atoms with Crippen LogP contribution >= 0.6 is 0 Å².